The molecule has 0 aliphatic heterocycles. The van der Waals surface area contributed by atoms with E-state index in [-0.39, 0.29) is 18.6 Å². The van der Waals surface area contributed by atoms with Crippen LogP contribution in [0.2, 0.25) is 0 Å². The Morgan fingerprint density at radius 1 is 1.09 bits per heavy atom. The second kappa shape index (κ2) is 9.42. The Kier molecular flexibility index (Phi) is 6.25. The van der Waals surface area contributed by atoms with E-state index in [1.54, 1.807) is 39.8 Å². The second-order valence-electron chi connectivity index (χ2n) is 7.81. The predicted molar refractivity (Wildman–Crippen MR) is 119 cm³/mol. The predicted octanol–water partition coefficient (Wildman–Crippen LogP) is 3.64. The second-order valence-corrected chi connectivity index (χ2v) is 7.81. The van der Waals surface area contributed by atoms with Crippen LogP contribution < -0.4 is 10.1 Å². The molecule has 0 saturated heterocycles. The van der Waals surface area contributed by atoms with Gasteiger partial charge in [0.25, 0.3) is 5.91 Å². The summed E-state index contributed by atoms with van der Waals surface area (Å²) in [5.41, 5.74) is 3.53. The minimum absolute atomic E-state index is 0.149. The largest absolute Gasteiger partial charge is 0.486 e. The number of carbonyl (C=O) groups is 1. The topological polar surface area (TPSA) is 99.8 Å². The molecule has 0 fully saturated rings. The molecule has 9 heteroatoms. The summed E-state index contributed by atoms with van der Waals surface area (Å²) < 4.78 is 9.26. The van der Waals surface area contributed by atoms with E-state index in [4.69, 9.17) is 4.74 Å². The van der Waals surface area contributed by atoms with Crippen LogP contribution in [0.15, 0.2) is 60.9 Å². The molecule has 0 unspecified atom stereocenters. The SMILES string of the molecule is Cc1ccc(Cn2cc(NC(=O)c3ccc(OCc4nnnn4C(C)C)cc3)cn2)cc1. The van der Waals surface area contributed by atoms with Crippen LogP contribution in [-0.4, -0.2) is 35.9 Å². The molecule has 0 spiro atoms. The van der Waals surface area contributed by atoms with E-state index in [9.17, 15) is 4.79 Å². The number of carbonyl (C=O) groups excluding carboxylic acids is 1. The lowest BCUT2D eigenvalue weighted by Gasteiger charge is -2.09. The summed E-state index contributed by atoms with van der Waals surface area (Å²) >= 11 is 0. The minimum atomic E-state index is -0.213. The van der Waals surface area contributed by atoms with Gasteiger partial charge in [-0.1, -0.05) is 29.8 Å². The zero-order chi connectivity index (χ0) is 22.5. The van der Waals surface area contributed by atoms with Crippen molar-refractivity contribution in [2.75, 3.05) is 5.32 Å². The number of anilines is 1. The molecule has 164 valence electrons. The van der Waals surface area contributed by atoms with Gasteiger partial charge in [0.05, 0.1) is 24.5 Å². The van der Waals surface area contributed by atoms with Crippen LogP contribution >= 0.6 is 0 Å². The molecule has 1 N–H and O–H groups in total. The normalized spacial score (nSPS) is 11.0. The van der Waals surface area contributed by atoms with E-state index in [1.165, 1.54) is 5.56 Å². The molecule has 0 aliphatic carbocycles. The molecule has 0 bridgehead atoms. The Labute approximate surface area is 186 Å². The van der Waals surface area contributed by atoms with E-state index in [2.05, 4.69) is 57.1 Å². The lowest BCUT2D eigenvalue weighted by atomic mass is 10.1. The Morgan fingerprint density at radius 3 is 2.56 bits per heavy atom. The Hall–Kier alpha value is -4.01. The first-order valence-corrected chi connectivity index (χ1v) is 10.4. The standard InChI is InChI=1S/C23H25N7O2/c1-16(2)30-22(26-27-28-30)15-32-21-10-8-19(9-11-21)23(31)25-20-12-24-29(14-20)13-18-6-4-17(3)5-7-18/h4-12,14,16H,13,15H2,1-3H3,(H,25,31). The average molecular weight is 432 g/mol. The van der Waals surface area contributed by atoms with Crippen LogP contribution in [0.4, 0.5) is 5.69 Å². The van der Waals surface area contributed by atoms with Gasteiger partial charge in [0.1, 0.15) is 12.4 Å². The van der Waals surface area contributed by atoms with Gasteiger partial charge >= 0.3 is 0 Å². The van der Waals surface area contributed by atoms with Crippen molar-refractivity contribution >= 4 is 11.6 Å². The fourth-order valence-electron chi connectivity index (χ4n) is 3.16. The van der Waals surface area contributed by atoms with Gasteiger partial charge in [-0.3, -0.25) is 9.48 Å². The summed E-state index contributed by atoms with van der Waals surface area (Å²) in [4.78, 5) is 12.6. The number of hydrogen-bond donors (Lipinski definition) is 1. The molecule has 0 saturated carbocycles. The van der Waals surface area contributed by atoms with Crippen LogP contribution in [0, 0.1) is 6.92 Å². The third-order valence-electron chi connectivity index (χ3n) is 4.89. The summed E-state index contributed by atoms with van der Waals surface area (Å²) in [6, 6.07) is 15.4. The molecule has 9 nitrogen and oxygen atoms in total. The van der Waals surface area contributed by atoms with Gasteiger partial charge in [-0.2, -0.15) is 5.10 Å². The van der Waals surface area contributed by atoms with Crippen molar-refractivity contribution in [3.8, 4) is 5.75 Å². The first-order valence-electron chi connectivity index (χ1n) is 10.4. The molecule has 1 amide bonds. The van der Waals surface area contributed by atoms with Crippen molar-refractivity contribution < 1.29 is 9.53 Å². The fraction of sp³-hybridized carbons (Fsp3) is 0.261. The van der Waals surface area contributed by atoms with Gasteiger partial charge in [-0.15, -0.1) is 5.10 Å². The van der Waals surface area contributed by atoms with E-state index in [1.807, 2.05) is 20.0 Å². The van der Waals surface area contributed by atoms with Crippen molar-refractivity contribution in [1.29, 1.82) is 0 Å². The van der Waals surface area contributed by atoms with Crippen LogP contribution in [0.25, 0.3) is 0 Å². The lowest BCUT2D eigenvalue weighted by molar-refractivity contribution is 0.102. The van der Waals surface area contributed by atoms with Gasteiger partial charge in [0.2, 0.25) is 0 Å². The highest BCUT2D eigenvalue weighted by Gasteiger charge is 2.11. The number of aryl methyl sites for hydroxylation is 1. The number of tetrazole rings is 1. The van der Waals surface area contributed by atoms with Crippen molar-refractivity contribution in [2.45, 2.75) is 40.0 Å². The smallest absolute Gasteiger partial charge is 0.255 e. The number of nitrogens with zero attached hydrogens (tertiary/aromatic N) is 6. The maximum atomic E-state index is 12.6. The number of nitrogens with one attached hydrogen (secondary N) is 1. The number of rotatable bonds is 8. The average Bonchev–Trinajstić information content (AvgIpc) is 3.44. The quantitative estimate of drug-likeness (QED) is 0.457. The van der Waals surface area contributed by atoms with Crippen LogP contribution in [-0.2, 0) is 13.2 Å². The van der Waals surface area contributed by atoms with Crippen LogP contribution in [0.5, 0.6) is 5.75 Å². The maximum Gasteiger partial charge on any atom is 0.255 e. The van der Waals surface area contributed by atoms with Gasteiger partial charge in [0, 0.05) is 11.8 Å². The molecule has 0 radical (unpaired) electrons. The fourth-order valence-corrected chi connectivity index (χ4v) is 3.16. The summed E-state index contributed by atoms with van der Waals surface area (Å²) in [5, 5.41) is 18.8. The highest BCUT2D eigenvalue weighted by Crippen LogP contribution is 2.16. The molecule has 2 heterocycles. The van der Waals surface area contributed by atoms with Gasteiger partial charge in [-0.05, 0) is 61.0 Å². The molecule has 0 atom stereocenters. The molecular formula is C23H25N7O2. The summed E-state index contributed by atoms with van der Waals surface area (Å²) in [5.74, 6) is 1.06. The number of benzene rings is 2. The minimum Gasteiger partial charge on any atom is -0.486 e. The van der Waals surface area contributed by atoms with Crippen molar-refractivity contribution in [3.05, 3.63) is 83.4 Å². The van der Waals surface area contributed by atoms with E-state index < -0.39 is 0 Å². The first kappa shape index (κ1) is 21.2. The molecule has 0 aliphatic rings. The van der Waals surface area contributed by atoms with E-state index in [0.717, 1.165) is 5.56 Å². The zero-order valence-electron chi connectivity index (χ0n) is 18.3. The molecule has 4 rings (SSSR count). The molecule has 2 aromatic heterocycles. The monoisotopic (exact) mass is 431 g/mol. The lowest BCUT2D eigenvalue weighted by Crippen LogP contribution is -2.12. The van der Waals surface area contributed by atoms with Crippen LogP contribution in [0.1, 0.15) is 47.2 Å². The molecule has 32 heavy (non-hydrogen) atoms. The Balaban J connectivity index is 1.32. The highest BCUT2D eigenvalue weighted by atomic mass is 16.5. The van der Waals surface area contributed by atoms with Crippen molar-refractivity contribution in [3.63, 3.8) is 0 Å². The van der Waals surface area contributed by atoms with Crippen molar-refractivity contribution in [1.82, 2.24) is 30.0 Å². The molecule has 4 aromatic rings. The Morgan fingerprint density at radius 2 is 1.84 bits per heavy atom. The molecular weight excluding hydrogens is 406 g/mol. The number of amides is 1. The van der Waals surface area contributed by atoms with Crippen molar-refractivity contribution in [2.24, 2.45) is 0 Å². The third kappa shape index (κ3) is 5.18. The van der Waals surface area contributed by atoms with Gasteiger partial charge in [-0.25, -0.2) is 4.68 Å². The first-order chi connectivity index (χ1) is 15.5. The third-order valence-corrected chi connectivity index (χ3v) is 4.89. The molecule has 2 aromatic carbocycles. The Bertz CT molecular complexity index is 1180. The highest BCUT2D eigenvalue weighted by molar-refractivity contribution is 6.04. The summed E-state index contributed by atoms with van der Waals surface area (Å²) in [6.07, 6.45) is 3.45. The number of aromatic nitrogens is 6. The zero-order valence-corrected chi connectivity index (χ0v) is 18.3. The summed E-state index contributed by atoms with van der Waals surface area (Å²) in [7, 11) is 0. The van der Waals surface area contributed by atoms with Gasteiger partial charge < -0.3 is 10.1 Å². The summed E-state index contributed by atoms with van der Waals surface area (Å²) in [6.45, 7) is 6.94. The number of hydrogen-bond acceptors (Lipinski definition) is 6. The van der Waals surface area contributed by atoms with E-state index in [0.29, 0.717) is 29.4 Å². The number of ether oxygens (including phenoxy) is 1. The van der Waals surface area contributed by atoms with Crippen LogP contribution in [0.3, 0.4) is 0 Å². The maximum absolute atomic E-state index is 12.6. The van der Waals surface area contributed by atoms with Gasteiger partial charge in [0.15, 0.2) is 5.82 Å². The van der Waals surface area contributed by atoms with E-state index >= 15 is 0 Å².